The van der Waals surface area contributed by atoms with Gasteiger partial charge in [-0.1, -0.05) is 23.7 Å². The molecule has 1 aromatic heterocycles. The van der Waals surface area contributed by atoms with Gasteiger partial charge >= 0.3 is 0 Å². The molecule has 2 heterocycles. The van der Waals surface area contributed by atoms with Gasteiger partial charge in [0.05, 0.1) is 23.1 Å². The highest BCUT2D eigenvalue weighted by Crippen LogP contribution is 2.36. The van der Waals surface area contributed by atoms with Crippen LogP contribution in [0.5, 0.6) is 5.75 Å². The van der Waals surface area contributed by atoms with Crippen LogP contribution in [0.25, 0.3) is 0 Å². The third kappa shape index (κ3) is 7.32. The van der Waals surface area contributed by atoms with Crippen molar-refractivity contribution in [1.29, 1.82) is 0 Å². The number of hydrogen-bond acceptors (Lipinski definition) is 8. The molecule has 0 saturated carbocycles. The van der Waals surface area contributed by atoms with Gasteiger partial charge in [-0.05, 0) is 64.8 Å². The first-order valence-corrected chi connectivity index (χ1v) is 13.7. The van der Waals surface area contributed by atoms with Crippen LogP contribution in [0, 0.1) is 5.92 Å². The van der Waals surface area contributed by atoms with Crippen molar-refractivity contribution in [2.75, 3.05) is 35.2 Å². The van der Waals surface area contributed by atoms with Gasteiger partial charge in [0.1, 0.15) is 16.4 Å². The molecule has 1 saturated heterocycles. The lowest BCUT2D eigenvalue weighted by atomic mass is 9.96. The summed E-state index contributed by atoms with van der Waals surface area (Å²) in [7, 11) is 0. The Kier molecular flexibility index (Phi) is 8.99. The lowest BCUT2D eigenvalue weighted by Gasteiger charge is -2.33. The molecule has 0 aliphatic carbocycles. The highest BCUT2D eigenvalue weighted by Gasteiger charge is 2.25. The standard InChI is InChI=1S/C29H36ClN7O3/c1-5-32-27(39)20-8-6-7-9-22(20)34-26-21(30)17-33-28(36-26)35-23-11-10-19(16-24(23)40-29(2,3)4)37-14-12-18(13-15-37)25(31)38/h6-11,16-18H,5,12-15H2,1-4H3,(H2,31,38)(H,32,39)(H2,33,34,35,36). The van der Waals surface area contributed by atoms with Crippen LogP contribution in [0.1, 0.15) is 50.9 Å². The minimum atomic E-state index is -0.454. The quantitative estimate of drug-likeness (QED) is 0.276. The zero-order chi connectivity index (χ0) is 28.9. The number of amides is 2. The van der Waals surface area contributed by atoms with Gasteiger partial charge in [-0.3, -0.25) is 9.59 Å². The molecule has 1 aliphatic rings. The number of piperidine rings is 1. The normalized spacial score (nSPS) is 14.0. The van der Waals surface area contributed by atoms with Gasteiger partial charge in [-0.25, -0.2) is 4.98 Å². The van der Waals surface area contributed by atoms with Crippen LogP contribution in [0.15, 0.2) is 48.7 Å². The topological polar surface area (TPSA) is 134 Å². The second-order valence-electron chi connectivity index (χ2n) is 10.6. The van der Waals surface area contributed by atoms with Crippen LogP contribution in [0.2, 0.25) is 5.02 Å². The van der Waals surface area contributed by atoms with E-state index in [1.165, 1.54) is 6.20 Å². The van der Waals surface area contributed by atoms with Gasteiger partial charge in [0.15, 0.2) is 5.82 Å². The zero-order valence-corrected chi connectivity index (χ0v) is 24.0. The van der Waals surface area contributed by atoms with E-state index < -0.39 is 5.60 Å². The Hall–Kier alpha value is -4.05. The largest absolute Gasteiger partial charge is 0.486 e. The lowest BCUT2D eigenvalue weighted by Crippen LogP contribution is -2.38. The first kappa shape index (κ1) is 28.9. The molecule has 0 unspecified atom stereocenters. The minimum absolute atomic E-state index is 0.0830. The van der Waals surface area contributed by atoms with Crippen molar-refractivity contribution in [3.8, 4) is 5.75 Å². The van der Waals surface area contributed by atoms with Crippen molar-refractivity contribution < 1.29 is 14.3 Å². The number of para-hydroxylation sites is 1. The smallest absolute Gasteiger partial charge is 0.253 e. The molecule has 212 valence electrons. The molecule has 1 aliphatic heterocycles. The summed E-state index contributed by atoms with van der Waals surface area (Å²) in [6, 6.07) is 13.0. The number of rotatable bonds is 9. The summed E-state index contributed by atoms with van der Waals surface area (Å²) < 4.78 is 6.31. The van der Waals surface area contributed by atoms with Crippen molar-refractivity contribution in [3.05, 3.63) is 59.2 Å². The summed E-state index contributed by atoms with van der Waals surface area (Å²) in [6.45, 7) is 9.80. The molecule has 5 N–H and O–H groups in total. The summed E-state index contributed by atoms with van der Waals surface area (Å²) in [5.41, 5.74) is 7.78. The van der Waals surface area contributed by atoms with E-state index in [1.807, 2.05) is 52.0 Å². The van der Waals surface area contributed by atoms with Gasteiger partial charge in [0.2, 0.25) is 11.9 Å². The first-order valence-electron chi connectivity index (χ1n) is 13.3. The minimum Gasteiger partial charge on any atom is -0.486 e. The number of ether oxygens (including phenoxy) is 1. The number of nitrogens with zero attached hydrogens (tertiary/aromatic N) is 3. The predicted octanol–water partition coefficient (Wildman–Crippen LogP) is 5.25. The summed E-state index contributed by atoms with van der Waals surface area (Å²) in [5.74, 6) is 0.772. The SMILES string of the molecule is CCNC(=O)c1ccccc1Nc1nc(Nc2ccc(N3CCC(C(N)=O)CC3)cc2OC(C)(C)C)ncc1Cl. The van der Waals surface area contributed by atoms with E-state index in [9.17, 15) is 9.59 Å². The molecule has 4 rings (SSSR count). The maximum absolute atomic E-state index is 12.5. The van der Waals surface area contributed by atoms with Crippen LogP contribution in [-0.4, -0.2) is 47.0 Å². The summed E-state index contributed by atoms with van der Waals surface area (Å²) >= 11 is 6.42. The lowest BCUT2D eigenvalue weighted by molar-refractivity contribution is -0.122. The van der Waals surface area contributed by atoms with Crippen LogP contribution >= 0.6 is 11.6 Å². The number of aromatic nitrogens is 2. The Morgan fingerprint density at radius 3 is 2.50 bits per heavy atom. The molecule has 0 radical (unpaired) electrons. The fraction of sp³-hybridized carbons (Fsp3) is 0.379. The number of benzene rings is 2. The van der Waals surface area contributed by atoms with Crippen molar-refractivity contribution in [2.45, 2.75) is 46.1 Å². The Labute approximate surface area is 239 Å². The maximum Gasteiger partial charge on any atom is 0.253 e. The van der Waals surface area contributed by atoms with Crippen LogP contribution in [0.3, 0.4) is 0 Å². The monoisotopic (exact) mass is 565 g/mol. The Bertz CT molecular complexity index is 1370. The molecule has 40 heavy (non-hydrogen) atoms. The molecule has 11 heteroatoms. The van der Waals surface area contributed by atoms with Crippen molar-refractivity contribution >= 4 is 52.2 Å². The Morgan fingerprint density at radius 1 is 1.10 bits per heavy atom. The second kappa shape index (κ2) is 12.4. The van der Waals surface area contributed by atoms with E-state index in [2.05, 4.69) is 30.8 Å². The number of carbonyl (C=O) groups excluding carboxylic acids is 2. The maximum atomic E-state index is 12.5. The first-order chi connectivity index (χ1) is 19.0. The number of nitrogens with one attached hydrogen (secondary N) is 3. The van der Waals surface area contributed by atoms with Crippen molar-refractivity contribution in [3.63, 3.8) is 0 Å². The summed E-state index contributed by atoms with van der Waals surface area (Å²) in [5, 5.41) is 9.54. The van der Waals surface area contributed by atoms with Gasteiger partial charge in [0.25, 0.3) is 5.91 Å². The Morgan fingerprint density at radius 2 is 1.82 bits per heavy atom. The number of nitrogens with two attached hydrogens (primary N) is 1. The molecule has 0 bridgehead atoms. The molecular formula is C29H36ClN7O3. The van der Waals surface area contributed by atoms with E-state index in [4.69, 9.17) is 22.1 Å². The zero-order valence-electron chi connectivity index (χ0n) is 23.3. The van der Waals surface area contributed by atoms with Gasteiger partial charge < -0.3 is 31.3 Å². The van der Waals surface area contributed by atoms with Gasteiger partial charge in [0, 0.05) is 37.3 Å². The van der Waals surface area contributed by atoms with E-state index in [0.29, 0.717) is 46.0 Å². The van der Waals surface area contributed by atoms with Gasteiger partial charge in [-0.2, -0.15) is 4.98 Å². The van der Waals surface area contributed by atoms with Crippen LogP contribution in [-0.2, 0) is 4.79 Å². The predicted molar refractivity (Wildman–Crippen MR) is 159 cm³/mol. The molecule has 3 aromatic rings. The van der Waals surface area contributed by atoms with E-state index in [1.54, 1.807) is 18.2 Å². The van der Waals surface area contributed by atoms with E-state index in [-0.39, 0.29) is 17.7 Å². The molecule has 10 nitrogen and oxygen atoms in total. The Balaban J connectivity index is 1.58. The highest BCUT2D eigenvalue weighted by molar-refractivity contribution is 6.33. The van der Waals surface area contributed by atoms with Crippen LogP contribution in [0.4, 0.5) is 28.8 Å². The molecular weight excluding hydrogens is 530 g/mol. The number of hydrogen-bond donors (Lipinski definition) is 4. The molecule has 1 fully saturated rings. The number of carbonyl (C=O) groups is 2. The summed E-state index contributed by atoms with van der Waals surface area (Å²) in [6.07, 6.45) is 2.94. The van der Waals surface area contributed by atoms with E-state index in [0.717, 1.165) is 31.6 Å². The average molecular weight is 566 g/mol. The van der Waals surface area contributed by atoms with Gasteiger partial charge in [-0.15, -0.1) is 0 Å². The molecule has 0 atom stereocenters. The fourth-order valence-electron chi connectivity index (χ4n) is 4.46. The average Bonchev–Trinajstić information content (AvgIpc) is 2.91. The van der Waals surface area contributed by atoms with Crippen molar-refractivity contribution in [1.82, 2.24) is 15.3 Å². The third-order valence-electron chi connectivity index (χ3n) is 6.40. The molecule has 2 aromatic carbocycles. The molecule has 0 spiro atoms. The van der Waals surface area contributed by atoms with Crippen LogP contribution < -0.4 is 31.3 Å². The number of halogens is 1. The second-order valence-corrected chi connectivity index (χ2v) is 11.0. The van der Waals surface area contributed by atoms with E-state index >= 15 is 0 Å². The highest BCUT2D eigenvalue weighted by atomic mass is 35.5. The number of primary amides is 1. The summed E-state index contributed by atoms with van der Waals surface area (Å²) in [4.78, 5) is 35.3. The van der Waals surface area contributed by atoms with Crippen molar-refractivity contribution in [2.24, 2.45) is 11.7 Å². The number of anilines is 5. The fourth-order valence-corrected chi connectivity index (χ4v) is 4.59. The third-order valence-corrected chi connectivity index (χ3v) is 6.67. The molecule has 2 amide bonds.